The highest BCUT2D eigenvalue weighted by Gasteiger charge is 2.57. The molecule has 0 aromatic rings. The summed E-state index contributed by atoms with van der Waals surface area (Å²) < 4.78 is 5.18. The Labute approximate surface area is 141 Å². The van der Waals surface area contributed by atoms with Crippen molar-refractivity contribution in [3.63, 3.8) is 0 Å². The van der Waals surface area contributed by atoms with Crippen LogP contribution in [0.25, 0.3) is 0 Å². The molecule has 2 rings (SSSR count). The molecule has 2 aliphatic rings. The van der Waals surface area contributed by atoms with Crippen LogP contribution in [0.3, 0.4) is 0 Å². The van der Waals surface area contributed by atoms with Crippen molar-refractivity contribution in [3.05, 3.63) is 36.5 Å². The molecule has 0 heterocycles. The van der Waals surface area contributed by atoms with E-state index in [2.05, 4.69) is 40.0 Å². The standard InChI is InChI=1S/C21H32O2/c1-7-15(2)9-11-17-16(3)10-12-18-20(17,4)13-8-14-21(18,5)19(22)23-6/h7,9,17-18H,1,3,8,10-14H2,2,4-6H3/b15-9+/t17-,18?,20+,21-/m0/s1. The van der Waals surface area contributed by atoms with Crippen LogP contribution >= 0.6 is 0 Å². The van der Waals surface area contributed by atoms with E-state index in [9.17, 15) is 4.79 Å². The molecule has 2 saturated carbocycles. The summed E-state index contributed by atoms with van der Waals surface area (Å²) in [5.74, 6) is 0.794. The summed E-state index contributed by atoms with van der Waals surface area (Å²) >= 11 is 0. The molecule has 0 spiro atoms. The quantitative estimate of drug-likeness (QED) is 0.391. The van der Waals surface area contributed by atoms with Gasteiger partial charge in [0, 0.05) is 0 Å². The first-order valence-corrected chi connectivity index (χ1v) is 8.85. The Kier molecular flexibility index (Phi) is 5.23. The Morgan fingerprint density at radius 3 is 2.70 bits per heavy atom. The van der Waals surface area contributed by atoms with E-state index < -0.39 is 0 Å². The van der Waals surface area contributed by atoms with Gasteiger partial charge in [-0.1, -0.05) is 49.8 Å². The first-order valence-electron chi connectivity index (χ1n) is 8.85. The molecule has 2 aliphatic carbocycles. The van der Waals surface area contributed by atoms with Crippen molar-refractivity contribution in [2.45, 2.75) is 59.3 Å². The Morgan fingerprint density at radius 2 is 2.09 bits per heavy atom. The average molecular weight is 316 g/mol. The lowest BCUT2D eigenvalue weighted by Crippen LogP contribution is -2.53. The summed E-state index contributed by atoms with van der Waals surface area (Å²) in [5.41, 5.74) is 2.35. The third-order valence-electron chi connectivity index (χ3n) is 6.67. The molecule has 0 aliphatic heterocycles. The van der Waals surface area contributed by atoms with E-state index in [1.165, 1.54) is 24.7 Å². The van der Waals surface area contributed by atoms with Crippen molar-refractivity contribution in [1.82, 2.24) is 0 Å². The molecule has 128 valence electrons. The number of hydrogen-bond acceptors (Lipinski definition) is 2. The van der Waals surface area contributed by atoms with Gasteiger partial charge in [-0.25, -0.2) is 0 Å². The molecule has 2 heteroatoms. The third-order valence-corrected chi connectivity index (χ3v) is 6.67. The molecule has 2 nitrogen and oxygen atoms in total. The van der Waals surface area contributed by atoms with E-state index >= 15 is 0 Å². The maximum absolute atomic E-state index is 12.5. The topological polar surface area (TPSA) is 26.3 Å². The SMILES string of the molecule is C=C/C(C)=C/C[C@H]1C(=C)CCC2[C@]1(C)CCC[C@]2(C)C(=O)OC. The highest BCUT2D eigenvalue weighted by Crippen LogP contribution is 2.62. The van der Waals surface area contributed by atoms with Crippen LogP contribution in [0.5, 0.6) is 0 Å². The van der Waals surface area contributed by atoms with E-state index in [1.807, 2.05) is 6.08 Å². The summed E-state index contributed by atoms with van der Waals surface area (Å²) in [4.78, 5) is 12.5. The van der Waals surface area contributed by atoms with E-state index in [0.29, 0.717) is 11.8 Å². The zero-order chi connectivity index (χ0) is 17.3. The molecule has 0 aromatic heterocycles. The summed E-state index contributed by atoms with van der Waals surface area (Å²) in [6, 6.07) is 0. The van der Waals surface area contributed by atoms with Crippen molar-refractivity contribution < 1.29 is 9.53 Å². The lowest BCUT2D eigenvalue weighted by atomic mass is 9.46. The van der Waals surface area contributed by atoms with Crippen LogP contribution in [0.2, 0.25) is 0 Å². The fourth-order valence-electron chi connectivity index (χ4n) is 5.25. The Balaban J connectivity index is 2.36. The molecule has 0 saturated heterocycles. The first-order chi connectivity index (χ1) is 10.8. The fourth-order valence-corrected chi connectivity index (χ4v) is 5.25. The normalized spacial score (nSPS) is 37.9. The van der Waals surface area contributed by atoms with Crippen molar-refractivity contribution in [1.29, 1.82) is 0 Å². The van der Waals surface area contributed by atoms with Gasteiger partial charge in [-0.15, -0.1) is 0 Å². The van der Waals surface area contributed by atoms with Gasteiger partial charge in [-0.2, -0.15) is 0 Å². The number of rotatable bonds is 4. The minimum atomic E-state index is -0.349. The van der Waals surface area contributed by atoms with E-state index in [1.54, 1.807) is 0 Å². The van der Waals surface area contributed by atoms with Gasteiger partial charge in [-0.3, -0.25) is 4.79 Å². The Hall–Kier alpha value is -1.31. The average Bonchev–Trinajstić information content (AvgIpc) is 2.52. The van der Waals surface area contributed by atoms with Gasteiger partial charge >= 0.3 is 5.97 Å². The molecule has 0 N–H and O–H groups in total. The van der Waals surface area contributed by atoms with Crippen LogP contribution in [0.1, 0.15) is 59.3 Å². The number of methoxy groups -OCH3 is 1. The monoisotopic (exact) mass is 316 g/mol. The van der Waals surface area contributed by atoms with E-state index in [0.717, 1.165) is 32.1 Å². The maximum Gasteiger partial charge on any atom is 0.311 e. The molecule has 0 radical (unpaired) electrons. The van der Waals surface area contributed by atoms with Crippen molar-refractivity contribution >= 4 is 5.97 Å². The number of hydrogen-bond donors (Lipinski definition) is 0. The zero-order valence-electron chi connectivity index (χ0n) is 15.3. The first kappa shape index (κ1) is 18.0. The molecular formula is C21H32O2. The number of esters is 1. The van der Waals surface area contributed by atoms with Crippen LogP contribution in [0.15, 0.2) is 36.5 Å². The van der Waals surface area contributed by atoms with Gasteiger partial charge in [-0.05, 0) is 63.2 Å². The van der Waals surface area contributed by atoms with Crippen LogP contribution in [-0.2, 0) is 9.53 Å². The zero-order valence-corrected chi connectivity index (χ0v) is 15.3. The number of carbonyl (C=O) groups excluding carboxylic acids is 1. The Bertz CT molecular complexity index is 530. The summed E-state index contributed by atoms with van der Waals surface area (Å²) in [6.45, 7) is 14.8. The molecule has 4 atom stereocenters. The second-order valence-electron chi connectivity index (χ2n) is 7.96. The molecular weight excluding hydrogens is 284 g/mol. The number of allylic oxidation sites excluding steroid dienone is 4. The van der Waals surface area contributed by atoms with Gasteiger partial charge in [0.25, 0.3) is 0 Å². The molecule has 0 bridgehead atoms. The third kappa shape index (κ3) is 3.05. The summed E-state index contributed by atoms with van der Waals surface area (Å²) in [7, 11) is 1.52. The van der Waals surface area contributed by atoms with Gasteiger partial charge in [0.2, 0.25) is 0 Å². The van der Waals surface area contributed by atoms with Crippen LogP contribution in [0, 0.1) is 22.7 Å². The maximum atomic E-state index is 12.5. The van der Waals surface area contributed by atoms with Crippen LogP contribution < -0.4 is 0 Å². The van der Waals surface area contributed by atoms with Crippen molar-refractivity contribution in [2.75, 3.05) is 7.11 Å². The largest absolute Gasteiger partial charge is 0.469 e. The predicted octanol–water partition coefficient (Wildman–Crippen LogP) is 5.46. The Morgan fingerprint density at radius 1 is 1.39 bits per heavy atom. The lowest BCUT2D eigenvalue weighted by Gasteiger charge is -2.57. The molecule has 0 amide bonds. The second-order valence-corrected chi connectivity index (χ2v) is 7.96. The van der Waals surface area contributed by atoms with Crippen LogP contribution in [0.4, 0.5) is 0 Å². The van der Waals surface area contributed by atoms with Crippen molar-refractivity contribution in [2.24, 2.45) is 22.7 Å². The molecule has 2 fully saturated rings. The highest BCUT2D eigenvalue weighted by atomic mass is 16.5. The molecule has 1 unspecified atom stereocenters. The molecule has 23 heavy (non-hydrogen) atoms. The summed E-state index contributed by atoms with van der Waals surface area (Å²) in [6.07, 6.45) is 10.5. The minimum Gasteiger partial charge on any atom is -0.469 e. The van der Waals surface area contributed by atoms with E-state index in [-0.39, 0.29) is 16.8 Å². The molecule has 0 aromatic carbocycles. The minimum absolute atomic E-state index is 0.0301. The smallest absolute Gasteiger partial charge is 0.311 e. The predicted molar refractivity (Wildman–Crippen MR) is 96.0 cm³/mol. The summed E-state index contributed by atoms with van der Waals surface area (Å²) in [5, 5.41) is 0. The van der Waals surface area contributed by atoms with Gasteiger partial charge in [0.05, 0.1) is 12.5 Å². The highest BCUT2D eigenvalue weighted by molar-refractivity contribution is 5.77. The van der Waals surface area contributed by atoms with Gasteiger partial charge in [0.1, 0.15) is 0 Å². The number of carbonyl (C=O) groups is 1. The van der Waals surface area contributed by atoms with E-state index in [4.69, 9.17) is 4.74 Å². The lowest BCUT2D eigenvalue weighted by molar-refractivity contribution is -0.167. The van der Waals surface area contributed by atoms with Gasteiger partial charge in [0.15, 0.2) is 0 Å². The number of fused-ring (bicyclic) bond motifs is 1. The number of ether oxygens (including phenoxy) is 1. The van der Waals surface area contributed by atoms with Crippen LogP contribution in [-0.4, -0.2) is 13.1 Å². The van der Waals surface area contributed by atoms with Gasteiger partial charge < -0.3 is 4.74 Å². The second kappa shape index (κ2) is 6.67. The fraction of sp³-hybridized carbons (Fsp3) is 0.667. The van der Waals surface area contributed by atoms with Crippen molar-refractivity contribution in [3.8, 4) is 0 Å².